The largest absolute Gasteiger partial charge is 0.467 e. The molecule has 128 valence electrons. The topological polar surface area (TPSA) is 99.8 Å². The van der Waals surface area contributed by atoms with E-state index in [-0.39, 0.29) is 5.97 Å². The van der Waals surface area contributed by atoms with Crippen LogP contribution in [0.25, 0.3) is 11.3 Å². The SMILES string of the molecule is COC(=O)C1(n2cc(-c3ccnc(Nc4cnn(C)c4)n3)cn2)CC1. The molecule has 9 nitrogen and oxygen atoms in total. The van der Waals surface area contributed by atoms with E-state index < -0.39 is 5.54 Å². The smallest absolute Gasteiger partial charge is 0.333 e. The molecule has 9 heteroatoms. The fourth-order valence-electron chi connectivity index (χ4n) is 2.72. The Morgan fingerprint density at radius 2 is 2.12 bits per heavy atom. The van der Waals surface area contributed by atoms with Crippen LogP contribution < -0.4 is 5.32 Å². The first-order chi connectivity index (χ1) is 12.1. The first-order valence-electron chi connectivity index (χ1n) is 7.83. The molecule has 3 aromatic heterocycles. The fraction of sp³-hybridized carbons (Fsp3) is 0.312. The summed E-state index contributed by atoms with van der Waals surface area (Å²) >= 11 is 0. The molecule has 3 aromatic rings. The Balaban J connectivity index is 1.59. The highest BCUT2D eigenvalue weighted by atomic mass is 16.5. The molecule has 1 aliphatic carbocycles. The quantitative estimate of drug-likeness (QED) is 0.703. The minimum Gasteiger partial charge on any atom is -0.467 e. The summed E-state index contributed by atoms with van der Waals surface area (Å²) in [6.07, 6.45) is 10.2. The minimum atomic E-state index is -0.656. The third kappa shape index (κ3) is 2.73. The van der Waals surface area contributed by atoms with E-state index in [1.807, 2.05) is 19.4 Å². The predicted molar refractivity (Wildman–Crippen MR) is 89.0 cm³/mol. The zero-order valence-corrected chi connectivity index (χ0v) is 13.9. The van der Waals surface area contributed by atoms with Gasteiger partial charge in [0.05, 0.1) is 30.9 Å². The number of carbonyl (C=O) groups excluding carboxylic acids is 1. The zero-order valence-electron chi connectivity index (χ0n) is 13.9. The van der Waals surface area contributed by atoms with Crippen LogP contribution in [-0.2, 0) is 22.1 Å². The summed E-state index contributed by atoms with van der Waals surface area (Å²) in [5, 5.41) is 11.5. The average Bonchev–Trinajstić information content (AvgIpc) is 3.09. The van der Waals surface area contributed by atoms with Gasteiger partial charge in [-0.2, -0.15) is 10.2 Å². The number of aromatic nitrogens is 6. The Hall–Kier alpha value is -3.23. The Bertz CT molecular complexity index is 926. The first-order valence-corrected chi connectivity index (χ1v) is 7.83. The van der Waals surface area contributed by atoms with Gasteiger partial charge in [-0.1, -0.05) is 0 Å². The van der Waals surface area contributed by atoms with Gasteiger partial charge in [0, 0.05) is 31.2 Å². The van der Waals surface area contributed by atoms with E-state index in [0.29, 0.717) is 11.6 Å². The number of nitrogens with one attached hydrogen (secondary N) is 1. The molecule has 1 saturated carbocycles. The molecule has 3 heterocycles. The summed E-state index contributed by atoms with van der Waals surface area (Å²) in [4.78, 5) is 20.7. The molecule has 25 heavy (non-hydrogen) atoms. The number of methoxy groups -OCH3 is 1. The summed E-state index contributed by atoms with van der Waals surface area (Å²) in [7, 11) is 3.24. The van der Waals surface area contributed by atoms with Gasteiger partial charge in [0.25, 0.3) is 0 Å². The maximum absolute atomic E-state index is 12.0. The molecular formula is C16H17N7O2. The Morgan fingerprint density at radius 3 is 2.80 bits per heavy atom. The summed E-state index contributed by atoms with van der Waals surface area (Å²) in [5.41, 5.74) is 1.68. The maximum atomic E-state index is 12.0. The molecule has 1 fully saturated rings. The van der Waals surface area contributed by atoms with Crippen molar-refractivity contribution < 1.29 is 9.53 Å². The molecule has 1 N–H and O–H groups in total. The van der Waals surface area contributed by atoms with Gasteiger partial charge >= 0.3 is 5.97 Å². The lowest BCUT2D eigenvalue weighted by Crippen LogP contribution is -2.29. The Morgan fingerprint density at radius 1 is 1.28 bits per heavy atom. The van der Waals surface area contributed by atoms with Crippen molar-refractivity contribution in [1.29, 1.82) is 0 Å². The number of ether oxygens (including phenoxy) is 1. The lowest BCUT2D eigenvalue weighted by atomic mass is 10.2. The molecule has 0 radical (unpaired) electrons. The van der Waals surface area contributed by atoms with E-state index in [1.54, 1.807) is 34.0 Å². The van der Waals surface area contributed by atoms with Gasteiger partial charge in [-0.25, -0.2) is 14.8 Å². The van der Waals surface area contributed by atoms with Crippen molar-refractivity contribution in [3.63, 3.8) is 0 Å². The van der Waals surface area contributed by atoms with Crippen LogP contribution in [0.2, 0.25) is 0 Å². The number of aryl methyl sites for hydroxylation is 1. The van der Waals surface area contributed by atoms with E-state index in [4.69, 9.17) is 4.74 Å². The Labute approximate surface area is 143 Å². The molecule has 0 amide bonds. The van der Waals surface area contributed by atoms with Crippen LogP contribution in [0.1, 0.15) is 12.8 Å². The van der Waals surface area contributed by atoms with E-state index in [0.717, 1.165) is 24.1 Å². The number of rotatable bonds is 5. The molecule has 0 aromatic carbocycles. The molecule has 0 atom stereocenters. The van der Waals surface area contributed by atoms with Crippen molar-refractivity contribution >= 4 is 17.6 Å². The number of hydrogen-bond acceptors (Lipinski definition) is 7. The summed E-state index contributed by atoms with van der Waals surface area (Å²) < 4.78 is 8.25. The number of anilines is 2. The van der Waals surface area contributed by atoms with E-state index in [9.17, 15) is 4.79 Å². The monoisotopic (exact) mass is 339 g/mol. The first kappa shape index (κ1) is 15.3. The summed E-state index contributed by atoms with van der Waals surface area (Å²) in [6, 6.07) is 1.80. The molecule has 0 bridgehead atoms. The second-order valence-electron chi connectivity index (χ2n) is 5.99. The highest BCUT2D eigenvalue weighted by Gasteiger charge is 2.54. The number of carbonyl (C=O) groups is 1. The fourth-order valence-corrected chi connectivity index (χ4v) is 2.72. The van der Waals surface area contributed by atoms with Crippen LogP contribution >= 0.6 is 0 Å². The lowest BCUT2D eigenvalue weighted by molar-refractivity contribution is -0.146. The third-order valence-electron chi connectivity index (χ3n) is 4.22. The molecule has 4 rings (SSSR count). The molecule has 0 unspecified atom stereocenters. The molecule has 0 spiro atoms. The van der Waals surface area contributed by atoms with Crippen molar-refractivity contribution in [3.05, 3.63) is 37.1 Å². The van der Waals surface area contributed by atoms with Gasteiger partial charge in [0.15, 0.2) is 5.54 Å². The number of hydrogen-bond donors (Lipinski definition) is 1. The van der Waals surface area contributed by atoms with Gasteiger partial charge < -0.3 is 10.1 Å². The van der Waals surface area contributed by atoms with Crippen molar-refractivity contribution in [3.8, 4) is 11.3 Å². The second kappa shape index (κ2) is 5.69. The van der Waals surface area contributed by atoms with Crippen molar-refractivity contribution in [2.24, 2.45) is 7.05 Å². The van der Waals surface area contributed by atoms with Gasteiger partial charge in [-0.05, 0) is 18.9 Å². The van der Waals surface area contributed by atoms with Gasteiger partial charge in [-0.3, -0.25) is 9.36 Å². The number of nitrogens with zero attached hydrogens (tertiary/aromatic N) is 6. The van der Waals surface area contributed by atoms with E-state index in [2.05, 4.69) is 25.5 Å². The van der Waals surface area contributed by atoms with E-state index >= 15 is 0 Å². The maximum Gasteiger partial charge on any atom is 0.333 e. The summed E-state index contributed by atoms with van der Waals surface area (Å²) in [6.45, 7) is 0. The van der Waals surface area contributed by atoms with Crippen molar-refractivity contribution in [1.82, 2.24) is 29.5 Å². The van der Waals surface area contributed by atoms with Crippen molar-refractivity contribution in [2.45, 2.75) is 18.4 Å². The van der Waals surface area contributed by atoms with Gasteiger partial charge in [-0.15, -0.1) is 0 Å². The molecular weight excluding hydrogens is 322 g/mol. The van der Waals surface area contributed by atoms with Gasteiger partial charge in [0.2, 0.25) is 5.95 Å². The van der Waals surface area contributed by atoms with Crippen LogP contribution in [0.5, 0.6) is 0 Å². The molecule has 1 aliphatic rings. The standard InChI is InChI=1S/C16H17N7O2/c1-22-10-12(8-18-22)20-15-17-6-3-13(21-15)11-7-19-23(9-11)16(4-5-16)14(24)25-2/h3,6-10H,4-5H2,1-2H3,(H,17,20,21). The highest BCUT2D eigenvalue weighted by Crippen LogP contribution is 2.44. The normalized spacial score (nSPS) is 15.0. The van der Waals surface area contributed by atoms with Crippen LogP contribution in [0, 0.1) is 0 Å². The summed E-state index contributed by atoms with van der Waals surface area (Å²) in [5.74, 6) is 0.205. The average molecular weight is 339 g/mol. The van der Waals surface area contributed by atoms with Crippen molar-refractivity contribution in [2.75, 3.05) is 12.4 Å². The minimum absolute atomic E-state index is 0.260. The van der Waals surface area contributed by atoms with E-state index in [1.165, 1.54) is 7.11 Å². The van der Waals surface area contributed by atoms with Crippen LogP contribution in [-0.4, -0.2) is 42.6 Å². The zero-order chi connectivity index (χ0) is 17.4. The predicted octanol–water partition coefficient (Wildman–Crippen LogP) is 1.48. The number of esters is 1. The second-order valence-corrected chi connectivity index (χ2v) is 5.99. The molecule has 0 saturated heterocycles. The van der Waals surface area contributed by atoms with Crippen LogP contribution in [0.4, 0.5) is 11.6 Å². The lowest BCUT2D eigenvalue weighted by Gasteiger charge is -2.12. The molecule has 0 aliphatic heterocycles. The highest BCUT2D eigenvalue weighted by molar-refractivity contribution is 5.82. The van der Waals surface area contributed by atoms with Crippen LogP contribution in [0.3, 0.4) is 0 Å². The van der Waals surface area contributed by atoms with Gasteiger partial charge in [0.1, 0.15) is 0 Å². The third-order valence-corrected chi connectivity index (χ3v) is 4.22. The Kier molecular flexibility index (Phi) is 3.48. The van der Waals surface area contributed by atoms with Crippen LogP contribution in [0.15, 0.2) is 37.1 Å².